The number of hydrogen-bond acceptors (Lipinski definition) is 4. The first-order valence-electron chi connectivity index (χ1n) is 6.03. The number of carbonyl (C=O) groups is 1. The van der Waals surface area contributed by atoms with Crippen molar-refractivity contribution < 1.29 is 27.8 Å². The maximum atomic E-state index is 13.3. The molecule has 110 valence electrons. The van der Waals surface area contributed by atoms with Crippen molar-refractivity contribution in [2.75, 3.05) is 13.2 Å². The van der Waals surface area contributed by atoms with Crippen LogP contribution in [-0.4, -0.2) is 48.1 Å². The van der Waals surface area contributed by atoms with Crippen molar-refractivity contribution in [1.82, 2.24) is 4.31 Å². The molecule has 1 aromatic carbocycles. The molecule has 2 N–H and O–H groups in total. The summed E-state index contributed by atoms with van der Waals surface area (Å²) in [5.41, 5.74) is -0.477. The minimum absolute atomic E-state index is 0.184. The van der Waals surface area contributed by atoms with E-state index < -0.39 is 38.3 Å². The highest BCUT2D eigenvalue weighted by molar-refractivity contribution is 7.89. The first-order valence-corrected chi connectivity index (χ1v) is 7.47. The predicted octanol–water partition coefficient (Wildman–Crippen LogP) is 0.669. The number of aromatic carboxylic acids is 1. The smallest absolute Gasteiger partial charge is 0.337 e. The van der Waals surface area contributed by atoms with Crippen molar-refractivity contribution in [3.8, 4) is 0 Å². The number of hydrogen-bond donors (Lipinski definition) is 2. The summed E-state index contributed by atoms with van der Waals surface area (Å²) >= 11 is 0. The van der Waals surface area contributed by atoms with Crippen LogP contribution in [0.3, 0.4) is 0 Å². The van der Waals surface area contributed by atoms with Gasteiger partial charge in [0.05, 0.1) is 17.1 Å². The quantitative estimate of drug-likeness (QED) is 0.852. The van der Waals surface area contributed by atoms with Crippen LogP contribution in [0.5, 0.6) is 0 Å². The number of aliphatic hydroxyl groups is 1. The van der Waals surface area contributed by atoms with Crippen molar-refractivity contribution in [3.05, 3.63) is 29.6 Å². The molecule has 0 saturated carbocycles. The summed E-state index contributed by atoms with van der Waals surface area (Å²) in [6, 6.07) is 1.93. The van der Waals surface area contributed by atoms with Gasteiger partial charge < -0.3 is 10.2 Å². The number of aliphatic hydroxyl groups excluding tert-OH is 1. The molecule has 20 heavy (non-hydrogen) atoms. The van der Waals surface area contributed by atoms with Crippen LogP contribution in [0.2, 0.25) is 0 Å². The van der Waals surface area contributed by atoms with Crippen LogP contribution in [-0.2, 0) is 10.0 Å². The molecule has 0 radical (unpaired) electrons. The number of rotatable bonds is 4. The van der Waals surface area contributed by atoms with Gasteiger partial charge in [0.2, 0.25) is 10.0 Å². The maximum Gasteiger partial charge on any atom is 0.337 e. The fourth-order valence-corrected chi connectivity index (χ4v) is 4.20. The molecule has 1 atom stereocenters. The average molecular weight is 303 g/mol. The maximum absolute atomic E-state index is 13.3. The van der Waals surface area contributed by atoms with Crippen LogP contribution in [0.25, 0.3) is 0 Å². The third kappa shape index (κ3) is 2.54. The van der Waals surface area contributed by atoms with Crippen LogP contribution >= 0.6 is 0 Å². The van der Waals surface area contributed by atoms with E-state index in [4.69, 9.17) is 5.11 Å². The fourth-order valence-electron chi connectivity index (χ4n) is 2.32. The molecule has 0 unspecified atom stereocenters. The van der Waals surface area contributed by atoms with E-state index in [0.717, 1.165) is 16.4 Å². The van der Waals surface area contributed by atoms with E-state index in [1.54, 1.807) is 0 Å². The topological polar surface area (TPSA) is 94.9 Å². The zero-order valence-electron chi connectivity index (χ0n) is 10.5. The average Bonchev–Trinajstić information content (AvgIpc) is 2.87. The molecule has 2 rings (SSSR count). The first kappa shape index (κ1) is 14.9. The standard InChI is InChI=1S/C12H14FNO5S/c13-8-3-4-10(12(16)17)11(6-8)20(18,19)14-5-1-2-9(14)7-15/h3-4,6,9,15H,1-2,5,7H2,(H,16,17)/t9-/m0/s1. The highest BCUT2D eigenvalue weighted by Gasteiger charge is 2.37. The van der Waals surface area contributed by atoms with Crippen molar-refractivity contribution in [2.45, 2.75) is 23.8 Å². The summed E-state index contributed by atoms with van der Waals surface area (Å²) in [7, 11) is -4.15. The highest BCUT2D eigenvalue weighted by Crippen LogP contribution is 2.28. The minimum Gasteiger partial charge on any atom is -0.478 e. The molecule has 1 aliphatic rings. The van der Waals surface area contributed by atoms with E-state index in [2.05, 4.69) is 0 Å². The summed E-state index contributed by atoms with van der Waals surface area (Å²) < 4.78 is 39.2. The molecule has 0 aliphatic carbocycles. The third-order valence-corrected chi connectivity index (χ3v) is 5.29. The van der Waals surface area contributed by atoms with Gasteiger partial charge in [-0.1, -0.05) is 0 Å². The van der Waals surface area contributed by atoms with Crippen molar-refractivity contribution in [1.29, 1.82) is 0 Å². The zero-order valence-corrected chi connectivity index (χ0v) is 11.3. The largest absolute Gasteiger partial charge is 0.478 e. The van der Waals surface area contributed by atoms with Crippen molar-refractivity contribution >= 4 is 16.0 Å². The fraction of sp³-hybridized carbons (Fsp3) is 0.417. The molecular weight excluding hydrogens is 289 g/mol. The van der Waals surface area contributed by atoms with E-state index in [-0.39, 0.29) is 13.2 Å². The molecule has 1 aromatic rings. The Morgan fingerprint density at radius 1 is 1.45 bits per heavy atom. The summed E-state index contributed by atoms with van der Waals surface area (Å²) in [5.74, 6) is -2.27. The SMILES string of the molecule is O=C(O)c1ccc(F)cc1S(=O)(=O)N1CCC[C@H]1CO. The Hall–Kier alpha value is -1.51. The summed E-state index contributed by atoms with van der Waals surface area (Å²) in [6.45, 7) is -0.167. The van der Waals surface area contributed by atoms with Gasteiger partial charge >= 0.3 is 5.97 Å². The first-order chi connectivity index (χ1) is 9.37. The van der Waals surface area contributed by atoms with Crippen LogP contribution in [0.15, 0.2) is 23.1 Å². The second-order valence-corrected chi connectivity index (χ2v) is 6.40. The van der Waals surface area contributed by atoms with Crippen molar-refractivity contribution in [3.63, 3.8) is 0 Å². The van der Waals surface area contributed by atoms with Gasteiger partial charge in [0, 0.05) is 12.6 Å². The van der Waals surface area contributed by atoms with Gasteiger partial charge in [-0.25, -0.2) is 17.6 Å². The van der Waals surface area contributed by atoms with Gasteiger partial charge in [0.1, 0.15) is 5.82 Å². The monoisotopic (exact) mass is 303 g/mol. The van der Waals surface area contributed by atoms with Crippen LogP contribution in [0.4, 0.5) is 4.39 Å². The van der Waals surface area contributed by atoms with E-state index in [0.29, 0.717) is 18.9 Å². The molecule has 8 heteroatoms. The Labute approximate surface area is 115 Å². The third-order valence-electron chi connectivity index (χ3n) is 3.29. The van der Waals surface area contributed by atoms with Crippen LogP contribution < -0.4 is 0 Å². The molecular formula is C12H14FNO5S. The van der Waals surface area contributed by atoms with Crippen molar-refractivity contribution in [2.24, 2.45) is 0 Å². The Balaban J connectivity index is 2.54. The number of carboxylic acids is 1. The van der Waals surface area contributed by atoms with Gasteiger partial charge in [-0.15, -0.1) is 0 Å². The Kier molecular flexibility index (Phi) is 4.07. The van der Waals surface area contributed by atoms with Gasteiger partial charge in [0.15, 0.2) is 0 Å². The number of halogens is 1. The van der Waals surface area contributed by atoms with Gasteiger partial charge in [-0.2, -0.15) is 4.31 Å². The van der Waals surface area contributed by atoms with Gasteiger partial charge in [0.25, 0.3) is 0 Å². The van der Waals surface area contributed by atoms with E-state index in [1.807, 2.05) is 0 Å². The number of nitrogens with zero attached hydrogens (tertiary/aromatic N) is 1. The Bertz CT molecular complexity index is 631. The lowest BCUT2D eigenvalue weighted by Gasteiger charge is -2.23. The van der Waals surface area contributed by atoms with E-state index in [1.165, 1.54) is 0 Å². The molecule has 0 spiro atoms. The number of sulfonamides is 1. The number of carboxylic acid groups (broad SMARTS) is 1. The molecule has 1 aliphatic heterocycles. The molecule has 1 saturated heterocycles. The highest BCUT2D eigenvalue weighted by atomic mass is 32.2. The Morgan fingerprint density at radius 3 is 2.75 bits per heavy atom. The molecule has 0 aromatic heterocycles. The Morgan fingerprint density at radius 2 is 2.15 bits per heavy atom. The number of benzene rings is 1. The van der Waals surface area contributed by atoms with Gasteiger partial charge in [-0.3, -0.25) is 0 Å². The van der Waals surface area contributed by atoms with Crippen LogP contribution in [0, 0.1) is 5.82 Å². The molecule has 0 bridgehead atoms. The lowest BCUT2D eigenvalue weighted by molar-refractivity contribution is 0.0692. The summed E-state index contributed by atoms with van der Waals surface area (Å²) in [5, 5.41) is 18.2. The molecule has 0 amide bonds. The molecule has 1 heterocycles. The predicted molar refractivity (Wildman–Crippen MR) is 67.4 cm³/mol. The lowest BCUT2D eigenvalue weighted by atomic mass is 10.2. The summed E-state index contributed by atoms with van der Waals surface area (Å²) in [6.07, 6.45) is 1.07. The summed E-state index contributed by atoms with van der Waals surface area (Å²) in [4.78, 5) is 10.5. The van der Waals surface area contributed by atoms with Crippen LogP contribution in [0.1, 0.15) is 23.2 Å². The van der Waals surface area contributed by atoms with Gasteiger partial charge in [-0.05, 0) is 31.0 Å². The minimum atomic E-state index is -4.15. The lowest BCUT2D eigenvalue weighted by Crippen LogP contribution is -2.38. The molecule has 1 fully saturated rings. The van der Waals surface area contributed by atoms with E-state index in [9.17, 15) is 22.7 Å². The second-order valence-electron chi connectivity index (χ2n) is 4.54. The molecule has 6 nitrogen and oxygen atoms in total. The normalized spacial score (nSPS) is 20.2. The van der Waals surface area contributed by atoms with E-state index >= 15 is 0 Å². The zero-order chi connectivity index (χ0) is 14.9. The second kappa shape index (κ2) is 5.47.